The van der Waals surface area contributed by atoms with Crippen molar-refractivity contribution in [2.45, 2.75) is 13.8 Å². The molecule has 2 fully saturated rings. The van der Waals surface area contributed by atoms with E-state index in [0.29, 0.717) is 0 Å². The van der Waals surface area contributed by atoms with Crippen LogP contribution in [0.15, 0.2) is 66.3 Å². The van der Waals surface area contributed by atoms with Crippen molar-refractivity contribution in [2.24, 2.45) is 23.7 Å². The van der Waals surface area contributed by atoms with Crippen molar-refractivity contribution in [3.63, 3.8) is 0 Å². The largest absolute Gasteiger partial charge is 0.296 e. The van der Waals surface area contributed by atoms with Gasteiger partial charge in [-0.3, -0.25) is 14.9 Å². The number of rotatable bonds is 2. The topological polar surface area (TPSA) is 46.2 Å². The molecule has 1 N–H and O–H groups in total. The van der Waals surface area contributed by atoms with Crippen molar-refractivity contribution in [2.75, 3.05) is 0 Å². The molecule has 4 atom stereocenters. The van der Waals surface area contributed by atoms with Gasteiger partial charge in [0.15, 0.2) is 0 Å². The molecule has 1 aliphatic heterocycles. The molecule has 2 amide bonds. The third kappa shape index (κ3) is 2.34. The molecule has 2 aromatic carbocycles. The van der Waals surface area contributed by atoms with E-state index in [0.717, 1.165) is 11.1 Å². The van der Waals surface area contributed by atoms with E-state index in [1.807, 2.05) is 0 Å². The number of amides is 2. The highest BCUT2D eigenvalue weighted by molar-refractivity contribution is 6.08. The fraction of sp³-hybridized carbons (Fsp3) is 0.250. The van der Waals surface area contributed by atoms with Crippen molar-refractivity contribution in [3.05, 3.63) is 88.5 Å². The predicted octanol–water partition coefficient (Wildman–Crippen LogP) is 3.81. The zero-order chi connectivity index (χ0) is 18.7. The molecule has 3 heteroatoms. The number of hydrogen-bond donors (Lipinski definition) is 1. The van der Waals surface area contributed by atoms with Gasteiger partial charge in [-0.2, -0.15) is 0 Å². The molecule has 3 nitrogen and oxygen atoms in total. The van der Waals surface area contributed by atoms with Crippen molar-refractivity contribution in [1.82, 2.24) is 5.32 Å². The lowest BCUT2D eigenvalue weighted by Gasteiger charge is -2.18. The fourth-order valence-corrected chi connectivity index (χ4v) is 4.96. The molecule has 134 valence electrons. The first-order chi connectivity index (χ1) is 13.0. The highest BCUT2D eigenvalue weighted by Gasteiger charge is 2.59. The predicted molar refractivity (Wildman–Crippen MR) is 105 cm³/mol. The van der Waals surface area contributed by atoms with Gasteiger partial charge in [-0.25, -0.2) is 0 Å². The summed E-state index contributed by atoms with van der Waals surface area (Å²) in [6.07, 6.45) is 4.25. The lowest BCUT2D eigenvalue weighted by molar-refractivity contribution is -0.126. The van der Waals surface area contributed by atoms with E-state index in [-0.39, 0.29) is 35.5 Å². The number of aryl methyl sites for hydroxylation is 2. The molecule has 1 saturated carbocycles. The first-order valence-corrected chi connectivity index (χ1v) is 9.46. The van der Waals surface area contributed by atoms with Gasteiger partial charge in [0, 0.05) is 11.8 Å². The number of imide groups is 1. The number of benzene rings is 2. The summed E-state index contributed by atoms with van der Waals surface area (Å²) in [4.78, 5) is 24.8. The molecule has 2 bridgehead atoms. The van der Waals surface area contributed by atoms with E-state index in [1.54, 1.807) is 0 Å². The van der Waals surface area contributed by atoms with Gasteiger partial charge < -0.3 is 0 Å². The van der Waals surface area contributed by atoms with Crippen LogP contribution in [-0.2, 0) is 9.59 Å². The molecule has 0 aromatic heterocycles. The van der Waals surface area contributed by atoms with E-state index in [2.05, 4.69) is 79.8 Å². The van der Waals surface area contributed by atoms with E-state index < -0.39 is 0 Å². The average Bonchev–Trinajstić information content (AvgIpc) is 3.30. The van der Waals surface area contributed by atoms with Crippen molar-refractivity contribution in [1.29, 1.82) is 0 Å². The van der Waals surface area contributed by atoms with Crippen LogP contribution in [0.4, 0.5) is 0 Å². The first kappa shape index (κ1) is 16.2. The Kier molecular flexibility index (Phi) is 3.48. The Morgan fingerprint density at radius 3 is 1.52 bits per heavy atom. The smallest absolute Gasteiger partial charge is 0.231 e. The first-order valence-electron chi connectivity index (χ1n) is 9.46. The zero-order valence-electron chi connectivity index (χ0n) is 15.4. The molecule has 2 aromatic rings. The molecule has 0 spiro atoms. The summed E-state index contributed by atoms with van der Waals surface area (Å²) >= 11 is 0. The van der Waals surface area contributed by atoms with Gasteiger partial charge in [0.1, 0.15) is 0 Å². The Morgan fingerprint density at radius 1 is 0.704 bits per heavy atom. The summed E-state index contributed by atoms with van der Waals surface area (Å²) in [5.41, 5.74) is 7.11. The molecule has 2 aliphatic carbocycles. The van der Waals surface area contributed by atoms with Crippen LogP contribution in [0.3, 0.4) is 0 Å². The Bertz CT molecular complexity index is 932. The summed E-state index contributed by atoms with van der Waals surface area (Å²) in [6.45, 7) is 4.16. The van der Waals surface area contributed by atoms with Gasteiger partial charge in [-0.1, -0.05) is 71.8 Å². The molecular weight excluding hydrogens is 334 g/mol. The lowest BCUT2D eigenvalue weighted by atomic mass is 9.85. The zero-order valence-corrected chi connectivity index (χ0v) is 15.4. The SMILES string of the molecule is Cc1ccc(C(=C2[C@@H]3C=C[C@@H]2[C@H]2C(=O)NC(=O)[C@@H]23)c2ccc(C)cc2)cc1. The van der Waals surface area contributed by atoms with Crippen molar-refractivity contribution < 1.29 is 9.59 Å². The average molecular weight is 355 g/mol. The standard InChI is InChI=1S/C24H21NO2/c1-13-3-7-15(8-4-13)19(16-9-5-14(2)6-10-16)20-17-11-12-18(20)22-21(17)23(26)25-24(22)27/h3-12,17-18,21-22H,1-2H3,(H,25,26,27)/t17-,18-,21+,22+/m0/s1. The number of carbonyl (C=O) groups excluding carboxylic acids is 2. The molecule has 0 unspecified atom stereocenters. The van der Waals surface area contributed by atoms with Crippen LogP contribution in [0.25, 0.3) is 5.57 Å². The Morgan fingerprint density at radius 2 is 1.11 bits per heavy atom. The van der Waals surface area contributed by atoms with Gasteiger partial charge in [0.05, 0.1) is 11.8 Å². The van der Waals surface area contributed by atoms with Gasteiger partial charge in [-0.15, -0.1) is 0 Å². The number of fused-ring (bicyclic) bond motifs is 5. The summed E-state index contributed by atoms with van der Waals surface area (Å²) in [6, 6.07) is 17.1. The van der Waals surface area contributed by atoms with Crippen LogP contribution in [0, 0.1) is 37.5 Å². The fourth-order valence-electron chi connectivity index (χ4n) is 4.96. The molecule has 3 aliphatic rings. The Hall–Kier alpha value is -2.94. The maximum atomic E-state index is 12.4. The molecule has 0 radical (unpaired) electrons. The van der Waals surface area contributed by atoms with Crippen LogP contribution in [0.1, 0.15) is 22.3 Å². The maximum Gasteiger partial charge on any atom is 0.231 e. The van der Waals surface area contributed by atoms with Crippen molar-refractivity contribution >= 4 is 17.4 Å². The van der Waals surface area contributed by atoms with Crippen LogP contribution >= 0.6 is 0 Å². The van der Waals surface area contributed by atoms with Gasteiger partial charge in [0.2, 0.25) is 11.8 Å². The quantitative estimate of drug-likeness (QED) is 0.658. The molecular formula is C24H21NO2. The summed E-state index contributed by atoms with van der Waals surface area (Å²) in [5.74, 6) is -0.743. The second kappa shape index (κ2) is 5.78. The number of carbonyl (C=O) groups is 2. The number of nitrogens with one attached hydrogen (secondary N) is 1. The van der Waals surface area contributed by atoms with E-state index in [4.69, 9.17) is 0 Å². The molecule has 1 saturated heterocycles. The minimum absolute atomic E-state index is 0.00376. The summed E-state index contributed by atoms with van der Waals surface area (Å²) in [5, 5.41) is 2.53. The highest BCUT2D eigenvalue weighted by Crippen LogP contribution is 2.56. The lowest BCUT2D eigenvalue weighted by Crippen LogP contribution is -2.26. The molecule has 1 heterocycles. The molecule has 5 rings (SSSR count). The second-order valence-corrected chi connectivity index (χ2v) is 7.90. The summed E-state index contributed by atoms with van der Waals surface area (Å²) < 4.78 is 0. The molecule has 27 heavy (non-hydrogen) atoms. The third-order valence-electron chi connectivity index (χ3n) is 6.23. The van der Waals surface area contributed by atoms with Crippen LogP contribution in [-0.4, -0.2) is 11.8 Å². The van der Waals surface area contributed by atoms with Crippen LogP contribution < -0.4 is 5.32 Å². The van der Waals surface area contributed by atoms with Crippen LogP contribution in [0.5, 0.6) is 0 Å². The monoisotopic (exact) mass is 355 g/mol. The van der Waals surface area contributed by atoms with Gasteiger partial charge in [0.25, 0.3) is 0 Å². The normalized spacial score (nSPS) is 27.9. The van der Waals surface area contributed by atoms with Crippen LogP contribution in [0.2, 0.25) is 0 Å². The second-order valence-electron chi connectivity index (χ2n) is 7.90. The number of allylic oxidation sites excluding steroid dienone is 3. The third-order valence-corrected chi connectivity index (χ3v) is 6.23. The van der Waals surface area contributed by atoms with E-state index in [9.17, 15) is 9.59 Å². The maximum absolute atomic E-state index is 12.4. The minimum Gasteiger partial charge on any atom is -0.296 e. The number of hydrogen-bond acceptors (Lipinski definition) is 2. The Labute approximate surface area is 158 Å². The summed E-state index contributed by atoms with van der Waals surface area (Å²) in [7, 11) is 0. The van der Waals surface area contributed by atoms with Crippen molar-refractivity contribution in [3.8, 4) is 0 Å². The highest BCUT2D eigenvalue weighted by atomic mass is 16.2. The van der Waals surface area contributed by atoms with Gasteiger partial charge in [-0.05, 0) is 36.1 Å². The van der Waals surface area contributed by atoms with E-state index >= 15 is 0 Å². The minimum atomic E-state index is -0.256. The Balaban J connectivity index is 1.74. The van der Waals surface area contributed by atoms with Gasteiger partial charge >= 0.3 is 0 Å². The van der Waals surface area contributed by atoms with E-state index in [1.165, 1.54) is 22.3 Å².